The van der Waals surface area contributed by atoms with Crippen molar-refractivity contribution in [2.45, 2.75) is 13.8 Å². The van der Waals surface area contributed by atoms with Crippen molar-refractivity contribution in [1.82, 2.24) is 5.32 Å². The van der Waals surface area contributed by atoms with Crippen molar-refractivity contribution < 1.29 is 4.79 Å². The SMILES string of the molecule is CCN(CCNC(=O)CN)c1ccccc1C. The van der Waals surface area contributed by atoms with Gasteiger partial charge in [-0.05, 0) is 25.5 Å². The number of hydrogen-bond acceptors (Lipinski definition) is 3. The van der Waals surface area contributed by atoms with Crippen molar-refractivity contribution in [1.29, 1.82) is 0 Å². The lowest BCUT2D eigenvalue weighted by Gasteiger charge is -2.25. The van der Waals surface area contributed by atoms with Gasteiger partial charge in [0.05, 0.1) is 6.54 Å². The first kappa shape index (κ1) is 13.5. The van der Waals surface area contributed by atoms with Crippen LogP contribution < -0.4 is 16.0 Å². The van der Waals surface area contributed by atoms with Crippen molar-refractivity contribution in [2.75, 3.05) is 31.1 Å². The highest BCUT2D eigenvalue weighted by Gasteiger charge is 2.06. The van der Waals surface area contributed by atoms with Gasteiger partial charge in [-0.25, -0.2) is 0 Å². The Morgan fingerprint density at radius 2 is 2.12 bits per heavy atom. The second-order valence-electron chi connectivity index (χ2n) is 3.92. The molecule has 0 radical (unpaired) electrons. The molecule has 0 spiro atoms. The third-order valence-corrected chi connectivity index (χ3v) is 2.73. The van der Waals surface area contributed by atoms with Crippen LogP contribution in [0.4, 0.5) is 5.69 Å². The summed E-state index contributed by atoms with van der Waals surface area (Å²) in [5.41, 5.74) is 7.70. The van der Waals surface area contributed by atoms with E-state index in [9.17, 15) is 4.79 Å². The molecule has 0 unspecified atom stereocenters. The molecule has 94 valence electrons. The average molecular weight is 235 g/mol. The highest BCUT2D eigenvalue weighted by Crippen LogP contribution is 2.18. The topological polar surface area (TPSA) is 58.4 Å². The zero-order valence-electron chi connectivity index (χ0n) is 10.6. The van der Waals surface area contributed by atoms with Crippen LogP contribution in [0.2, 0.25) is 0 Å². The Kier molecular flexibility index (Phi) is 5.49. The van der Waals surface area contributed by atoms with Gasteiger partial charge in [0.15, 0.2) is 0 Å². The summed E-state index contributed by atoms with van der Waals surface area (Å²) in [5.74, 6) is -0.106. The first-order valence-corrected chi connectivity index (χ1v) is 5.96. The molecule has 1 aromatic carbocycles. The van der Waals surface area contributed by atoms with Crippen molar-refractivity contribution in [3.63, 3.8) is 0 Å². The molecule has 0 saturated carbocycles. The summed E-state index contributed by atoms with van der Waals surface area (Å²) in [4.78, 5) is 13.3. The Morgan fingerprint density at radius 3 is 2.71 bits per heavy atom. The van der Waals surface area contributed by atoms with E-state index in [1.807, 2.05) is 12.1 Å². The number of amides is 1. The fourth-order valence-electron chi connectivity index (χ4n) is 1.77. The van der Waals surface area contributed by atoms with Gasteiger partial charge in [0.2, 0.25) is 5.91 Å². The van der Waals surface area contributed by atoms with Crippen LogP contribution in [0.3, 0.4) is 0 Å². The summed E-state index contributed by atoms with van der Waals surface area (Å²) in [6.07, 6.45) is 0. The standard InChI is InChI=1S/C13H21N3O/c1-3-16(9-8-15-13(17)10-14)12-7-5-4-6-11(12)2/h4-7H,3,8-10,14H2,1-2H3,(H,15,17). The summed E-state index contributed by atoms with van der Waals surface area (Å²) < 4.78 is 0. The lowest BCUT2D eigenvalue weighted by Crippen LogP contribution is -2.37. The lowest BCUT2D eigenvalue weighted by molar-refractivity contribution is -0.119. The number of hydrogen-bond donors (Lipinski definition) is 2. The molecule has 0 aromatic heterocycles. The van der Waals surface area contributed by atoms with Crippen LogP contribution in [0.1, 0.15) is 12.5 Å². The van der Waals surface area contributed by atoms with Crippen LogP contribution in [0, 0.1) is 6.92 Å². The van der Waals surface area contributed by atoms with E-state index in [4.69, 9.17) is 5.73 Å². The van der Waals surface area contributed by atoms with Crippen molar-refractivity contribution in [3.8, 4) is 0 Å². The number of para-hydroxylation sites is 1. The predicted octanol–water partition coefficient (Wildman–Crippen LogP) is 0.896. The minimum Gasteiger partial charge on any atom is -0.370 e. The van der Waals surface area contributed by atoms with Crippen molar-refractivity contribution in [3.05, 3.63) is 29.8 Å². The molecule has 1 rings (SSSR count). The third kappa shape index (κ3) is 4.07. The molecular formula is C13H21N3O. The fourth-order valence-corrected chi connectivity index (χ4v) is 1.77. The van der Waals surface area contributed by atoms with Gasteiger partial charge in [-0.1, -0.05) is 18.2 Å². The summed E-state index contributed by atoms with van der Waals surface area (Å²) >= 11 is 0. The first-order chi connectivity index (χ1) is 8.19. The molecule has 0 atom stereocenters. The number of carbonyl (C=O) groups excluding carboxylic acids is 1. The quantitative estimate of drug-likeness (QED) is 0.770. The highest BCUT2D eigenvalue weighted by atomic mass is 16.1. The molecule has 1 amide bonds. The number of benzene rings is 1. The fraction of sp³-hybridized carbons (Fsp3) is 0.462. The zero-order chi connectivity index (χ0) is 12.7. The molecule has 0 saturated heterocycles. The highest BCUT2D eigenvalue weighted by molar-refractivity contribution is 5.77. The lowest BCUT2D eigenvalue weighted by atomic mass is 10.2. The number of nitrogens with two attached hydrogens (primary N) is 1. The molecule has 1 aromatic rings. The molecule has 0 heterocycles. The summed E-state index contributed by atoms with van der Waals surface area (Å²) in [6, 6.07) is 8.26. The summed E-state index contributed by atoms with van der Waals surface area (Å²) in [5, 5.41) is 2.78. The largest absolute Gasteiger partial charge is 0.370 e. The Morgan fingerprint density at radius 1 is 1.41 bits per heavy atom. The van der Waals surface area contributed by atoms with Gasteiger partial charge in [0.1, 0.15) is 0 Å². The third-order valence-electron chi connectivity index (χ3n) is 2.73. The van der Waals surface area contributed by atoms with Gasteiger partial charge in [0.25, 0.3) is 0 Å². The van der Waals surface area contributed by atoms with Gasteiger partial charge < -0.3 is 16.0 Å². The zero-order valence-corrected chi connectivity index (χ0v) is 10.6. The van der Waals surface area contributed by atoms with Crippen LogP contribution in [0.15, 0.2) is 24.3 Å². The second kappa shape index (κ2) is 6.91. The molecule has 4 heteroatoms. The number of likely N-dealkylation sites (N-methyl/N-ethyl adjacent to an activating group) is 1. The van der Waals surface area contributed by atoms with E-state index >= 15 is 0 Å². The molecule has 4 nitrogen and oxygen atoms in total. The van der Waals surface area contributed by atoms with E-state index < -0.39 is 0 Å². The Bertz CT molecular complexity index is 365. The van der Waals surface area contributed by atoms with Crippen molar-refractivity contribution in [2.24, 2.45) is 5.73 Å². The van der Waals surface area contributed by atoms with Crippen molar-refractivity contribution >= 4 is 11.6 Å². The Hall–Kier alpha value is -1.55. The number of nitrogens with zero attached hydrogens (tertiary/aromatic N) is 1. The minimum absolute atomic E-state index is 0.0521. The Labute approximate surface area is 103 Å². The van der Waals surface area contributed by atoms with Gasteiger partial charge in [0, 0.05) is 25.3 Å². The molecule has 3 N–H and O–H groups in total. The van der Waals surface area contributed by atoms with Crippen LogP contribution in [-0.2, 0) is 4.79 Å². The van der Waals surface area contributed by atoms with E-state index in [0.29, 0.717) is 6.54 Å². The number of carbonyl (C=O) groups is 1. The van der Waals surface area contributed by atoms with Crippen LogP contribution in [0.5, 0.6) is 0 Å². The molecule has 17 heavy (non-hydrogen) atoms. The van der Waals surface area contributed by atoms with Crippen LogP contribution >= 0.6 is 0 Å². The van der Waals surface area contributed by atoms with Gasteiger partial charge >= 0.3 is 0 Å². The van der Waals surface area contributed by atoms with Gasteiger partial charge in [-0.15, -0.1) is 0 Å². The predicted molar refractivity (Wildman–Crippen MR) is 71.1 cm³/mol. The molecular weight excluding hydrogens is 214 g/mol. The van der Waals surface area contributed by atoms with Gasteiger partial charge in [-0.3, -0.25) is 4.79 Å². The maximum Gasteiger partial charge on any atom is 0.233 e. The Balaban J connectivity index is 2.55. The molecule has 0 aliphatic heterocycles. The monoisotopic (exact) mass is 235 g/mol. The van der Waals surface area contributed by atoms with E-state index in [2.05, 4.69) is 36.2 Å². The van der Waals surface area contributed by atoms with E-state index in [1.54, 1.807) is 0 Å². The minimum atomic E-state index is -0.106. The number of rotatable bonds is 6. The summed E-state index contributed by atoms with van der Waals surface area (Å²) in [7, 11) is 0. The molecule has 0 bridgehead atoms. The van der Waals surface area contributed by atoms with Gasteiger partial charge in [-0.2, -0.15) is 0 Å². The smallest absolute Gasteiger partial charge is 0.233 e. The summed E-state index contributed by atoms with van der Waals surface area (Å²) in [6.45, 7) is 6.60. The van der Waals surface area contributed by atoms with Crippen LogP contribution in [0.25, 0.3) is 0 Å². The van der Waals surface area contributed by atoms with E-state index in [1.165, 1.54) is 11.3 Å². The maximum atomic E-state index is 11.0. The number of anilines is 1. The van der Waals surface area contributed by atoms with Crippen LogP contribution in [-0.4, -0.2) is 32.1 Å². The molecule has 0 aliphatic carbocycles. The number of nitrogens with one attached hydrogen (secondary N) is 1. The first-order valence-electron chi connectivity index (χ1n) is 5.96. The van der Waals surface area contributed by atoms with E-state index in [-0.39, 0.29) is 12.5 Å². The van der Waals surface area contributed by atoms with E-state index in [0.717, 1.165) is 13.1 Å². The molecule has 0 fully saturated rings. The second-order valence-corrected chi connectivity index (χ2v) is 3.92. The normalized spacial score (nSPS) is 10.1. The average Bonchev–Trinajstić information content (AvgIpc) is 2.35. The number of aryl methyl sites for hydroxylation is 1. The maximum absolute atomic E-state index is 11.0. The molecule has 0 aliphatic rings.